The van der Waals surface area contributed by atoms with E-state index in [1.807, 2.05) is 6.92 Å². The number of hydrogen-bond acceptors (Lipinski definition) is 5. The summed E-state index contributed by atoms with van der Waals surface area (Å²) in [5.74, 6) is -1.36. The van der Waals surface area contributed by atoms with E-state index in [0.29, 0.717) is 29.1 Å². The van der Waals surface area contributed by atoms with Crippen LogP contribution in [-0.2, 0) is 13.2 Å². The quantitative estimate of drug-likeness (QED) is 0.371. The molecular formula is C26H23F2N5O3. The predicted octanol–water partition coefficient (Wildman–Crippen LogP) is 3.80. The van der Waals surface area contributed by atoms with Crippen LogP contribution in [0.15, 0.2) is 72.8 Å². The summed E-state index contributed by atoms with van der Waals surface area (Å²) in [6.07, 6.45) is 0. The molecule has 0 saturated carbocycles. The van der Waals surface area contributed by atoms with E-state index in [1.165, 1.54) is 35.0 Å². The van der Waals surface area contributed by atoms with Gasteiger partial charge in [-0.15, -0.1) is 5.10 Å². The molecule has 0 spiro atoms. The van der Waals surface area contributed by atoms with E-state index in [4.69, 9.17) is 4.74 Å². The Balaban J connectivity index is 1.60. The van der Waals surface area contributed by atoms with E-state index in [2.05, 4.69) is 20.9 Å². The van der Waals surface area contributed by atoms with Crippen LogP contribution < -0.4 is 15.4 Å². The van der Waals surface area contributed by atoms with Crippen molar-refractivity contribution >= 4 is 11.8 Å². The second-order valence-corrected chi connectivity index (χ2v) is 7.76. The Hall–Kier alpha value is -4.60. The average Bonchev–Trinajstić information content (AvgIpc) is 3.30. The minimum absolute atomic E-state index is 0.00407. The van der Waals surface area contributed by atoms with Crippen molar-refractivity contribution in [2.24, 2.45) is 0 Å². The fourth-order valence-electron chi connectivity index (χ4n) is 3.45. The number of nitrogens with zero attached hydrogens (tertiary/aromatic N) is 3. The Morgan fingerprint density at radius 1 is 0.917 bits per heavy atom. The zero-order chi connectivity index (χ0) is 25.5. The molecule has 4 aromatic rings. The van der Waals surface area contributed by atoms with E-state index < -0.39 is 17.5 Å². The fraction of sp³-hybridized carbons (Fsp3) is 0.154. The number of benzene rings is 3. The third-order valence-corrected chi connectivity index (χ3v) is 5.20. The lowest BCUT2D eigenvalue weighted by atomic mass is 10.2. The average molecular weight is 491 g/mol. The first-order valence-corrected chi connectivity index (χ1v) is 11.2. The molecule has 0 radical (unpaired) electrons. The van der Waals surface area contributed by atoms with Crippen molar-refractivity contribution in [2.45, 2.75) is 20.1 Å². The summed E-state index contributed by atoms with van der Waals surface area (Å²) in [5.41, 5.74) is 1.88. The van der Waals surface area contributed by atoms with Crippen LogP contribution in [0.25, 0.3) is 5.69 Å². The number of ether oxygens (including phenoxy) is 1. The van der Waals surface area contributed by atoms with Crippen LogP contribution in [0.5, 0.6) is 5.75 Å². The molecule has 1 heterocycles. The number of carbonyl (C=O) groups excluding carboxylic acids is 2. The zero-order valence-electron chi connectivity index (χ0n) is 19.4. The highest BCUT2D eigenvalue weighted by molar-refractivity contribution is 5.94. The van der Waals surface area contributed by atoms with Crippen LogP contribution in [0.2, 0.25) is 0 Å². The summed E-state index contributed by atoms with van der Waals surface area (Å²) in [5, 5.41) is 13.6. The normalized spacial score (nSPS) is 10.6. The van der Waals surface area contributed by atoms with Crippen molar-refractivity contribution in [1.82, 2.24) is 25.6 Å². The highest BCUT2D eigenvalue weighted by Crippen LogP contribution is 2.19. The summed E-state index contributed by atoms with van der Waals surface area (Å²) >= 11 is 0. The van der Waals surface area contributed by atoms with Crippen LogP contribution in [0.1, 0.15) is 39.0 Å². The number of hydrogen-bond donors (Lipinski definition) is 2. The summed E-state index contributed by atoms with van der Waals surface area (Å²) in [6.45, 7) is 2.26. The molecule has 184 valence electrons. The van der Waals surface area contributed by atoms with Gasteiger partial charge in [0.1, 0.15) is 29.7 Å². The monoisotopic (exact) mass is 491 g/mol. The molecule has 4 rings (SSSR count). The molecule has 8 nitrogen and oxygen atoms in total. The van der Waals surface area contributed by atoms with Gasteiger partial charge in [-0.3, -0.25) is 9.59 Å². The highest BCUT2D eigenvalue weighted by atomic mass is 19.1. The van der Waals surface area contributed by atoms with Gasteiger partial charge in [0, 0.05) is 24.7 Å². The van der Waals surface area contributed by atoms with E-state index in [1.54, 1.807) is 42.5 Å². The van der Waals surface area contributed by atoms with Crippen LogP contribution in [0.3, 0.4) is 0 Å². The Bertz CT molecular complexity index is 1370. The first-order valence-electron chi connectivity index (χ1n) is 11.2. The second kappa shape index (κ2) is 11.2. The minimum atomic E-state index is -0.540. The number of nitrogens with one attached hydrogen (secondary N) is 2. The van der Waals surface area contributed by atoms with Crippen molar-refractivity contribution in [3.05, 3.63) is 107 Å². The lowest BCUT2D eigenvalue weighted by Crippen LogP contribution is -2.25. The van der Waals surface area contributed by atoms with Gasteiger partial charge in [0.25, 0.3) is 11.8 Å². The van der Waals surface area contributed by atoms with Gasteiger partial charge in [-0.25, -0.2) is 13.5 Å². The van der Waals surface area contributed by atoms with Crippen molar-refractivity contribution < 1.29 is 23.1 Å². The van der Waals surface area contributed by atoms with Crippen molar-refractivity contribution in [2.75, 3.05) is 6.54 Å². The number of aromatic nitrogens is 3. The third-order valence-electron chi connectivity index (χ3n) is 5.20. The van der Waals surface area contributed by atoms with Crippen LogP contribution in [-0.4, -0.2) is 33.4 Å². The smallest absolute Gasteiger partial charge is 0.274 e. The van der Waals surface area contributed by atoms with E-state index in [-0.39, 0.29) is 30.5 Å². The van der Waals surface area contributed by atoms with Gasteiger partial charge in [-0.05, 0) is 61.0 Å². The Morgan fingerprint density at radius 2 is 1.64 bits per heavy atom. The molecule has 3 aromatic carbocycles. The van der Waals surface area contributed by atoms with E-state index in [0.717, 1.165) is 0 Å². The highest BCUT2D eigenvalue weighted by Gasteiger charge is 2.22. The molecule has 0 aliphatic heterocycles. The summed E-state index contributed by atoms with van der Waals surface area (Å²) in [6, 6.07) is 18.1. The molecule has 0 saturated heterocycles. The zero-order valence-corrected chi connectivity index (χ0v) is 19.4. The van der Waals surface area contributed by atoms with Crippen molar-refractivity contribution in [1.29, 1.82) is 0 Å². The fourth-order valence-corrected chi connectivity index (χ4v) is 3.45. The number of carbonyl (C=O) groups is 2. The number of halogens is 2. The maximum absolute atomic E-state index is 13.6. The SMILES string of the molecule is CCNC(=O)c1ccc(-n2nnc(C(=O)NCc3cccc(F)c3)c2COc2cccc(F)c2)cc1. The van der Waals surface area contributed by atoms with Gasteiger partial charge in [-0.2, -0.15) is 0 Å². The largest absolute Gasteiger partial charge is 0.487 e. The Kier molecular flexibility index (Phi) is 7.64. The van der Waals surface area contributed by atoms with Gasteiger partial charge in [0.05, 0.1) is 5.69 Å². The molecule has 0 fully saturated rings. The maximum atomic E-state index is 13.6. The standard InChI is InChI=1S/C26H23F2N5O3/c1-2-29-25(34)18-9-11-21(12-10-18)33-23(16-36-22-8-4-7-20(28)14-22)24(31-32-33)26(35)30-15-17-5-3-6-19(27)13-17/h3-14H,2,15-16H2,1H3,(H,29,34)(H,30,35). The van der Waals surface area contributed by atoms with Gasteiger partial charge < -0.3 is 15.4 Å². The third kappa shape index (κ3) is 5.90. The molecule has 0 unspecified atom stereocenters. The molecule has 0 bridgehead atoms. The molecule has 0 aliphatic rings. The lowest BCUT2D eigenvalue weighted by Gasteiger charge is -2.11. The molecule has 0 atom stereocenters. The molecule has 10 heteroatoms. The molecule has 1 aromatic heterocycles. The van der Waals surface area contributed by atoms with Crippen molar-refractivity contribution in [3.63, 3.8) is 0 Å². The van der Waals surface area contributed by atoms with E-state index in [9.17, 15) is 18.4 Å². The van der Waals surface area contributed by atoms with E-state index >= 15 is 0 Å². The van der Waals surface area contributed by atoms with Crippen LogP contribution >= 0.6 is 0 Å². The first kappa shape index (κ1) is 24.5. The van der Waals surface area contributed by atoms with Crippen LogP contribution in [0.4, 0.5) is 8.78 Å². The van der Waals surface area contributed by atoms with Crippen molar-refractivity contribution in [3.8, 4) is 11.4 Å². The minimum Gasteiger partial charge on any atom is -0.487 e. The van der Waals surface area contributed by atoms with Gasteiger partial charge >= 0.3 is 0 Å². The lowest BCUT2D eigenvalue weighted by molar-refractivity contribution is 0.0939. The van der Waals surface area contributed by atoms with Gasteiger partial charge in [0.2, 0.25) is 0 Å². The predicted molar refractivity (Wildman–Crippen MR) is 128 cm³/mol. The Morgan fingerprint density at radius 3 is 2.33 bits per heavy atom. The summed E-state index contributed by atoms with van der Waals surface area (Å²) in [4.78, 5) is 25.0. The van der Waals surface area contributed by atoms with Crippen LogP contribution in [0, 0.1) is 11.6 Å². The van der Waals surface area contributed by atoms with Gasteiger partial charge in [-0.1, -0.05) is 23.4 Å². The molecular weight excluding hydrogens is 468 g/mol. The Labute approximate surface area is 205 Å². The van der Waals surface area contributed by atoms with Gasteiger partial charge in [0.15, 0.2) is 5.69 Å². The molecule has 36 heavy (non-hydrogen) atoms. The summed E-state index contributed by atoms with van der Waals surface area (Å²) < 4.78 is 34.2. The molecule has 2 N–H and O–H groups in total. The molecule has 0 aliphatic carbocycles. The number of rotatable bonds is 9. The molecule has 2 amide bonds. The number of amides is 2. The maximum Gasteiger partial charge on any atom is 0.274 e. The first-order chi connectivity index (χ1) is 17.4. The second-order valence-electron chi connectivity index (χ2n) is 7.76. The topological polar surface area (TPSA) is 98.1 Å². The summed E-state index contributed by atoms with van der Waals surface area (Å²) in [7, 11) is 0.